The normalized spacial score (nSPS) is 15.0. The number of alkyl halides is 2. The molecular weight excluding hydrogens is 480 g/mol. The summed E-state index contributed by atoms with van der Waals surface area (Å²) >= 11 is 4.28. The third-order valence-corrected chi connectivity index (χ3v) is 6.93. The second-order valence-electron chi connectivity index (χ2n) is 7.27. The van der Waals surface area contributed by atoms with Gasteiger partial charge in [0.05, 0.1) is 15.9 Å². The second-order valence-corrected chi connectivity index (χ2v) is 9.12. The number of primary amides is 1. The number of amides is 2. The minimum absolute atomic E-state index is 0.0872. The van der Waals surface area contributed by atoms with E-state index in [0.717, 1.165) is 34.3 Å². The molecule has 1 aliphatic rings. The van der Waals surface area contributed by atoms with Crippen molar-refractivity contribution in [3.05, 3.63) is 38.6 Å². The molecule has 0 radical (unpaired) electrons. The third kappa shape index (κ3) is 3.71. The lowest BCUT2D eigenvalue weighted by Gasteiger charge is -2.14. The van der Waals surface area contributed by atoms with Gasteiger partial charge in [0.25, 0.3) is 12.3 Å². The maximum absolute atomic E-state index is 13.3. The summed E-state index contributed by atoms with van der Waals surface area (Å²) in [5, 5.41) is 7.59. The van der Waals surface area contributed by atoms with Crippen molar-refractivity contribution < 1.29 is 18.4 Å². The number of halogens is 3. The number of hydrogen-bond donors (Lipinski definition) is 2. The molecule has 1 fully saturated rings. The molecule has 7 nitrogen and oxygen atoms in total. The van der Waals surface area contributed by atoms with E-state index in [2.05, 4.69) is 31.3 Å². The van der Waals surface area contributed by atoms with Gasteiger partial charge in [0.1, 0.15) is 21.4 Å². The molecule has 0 saturated heterocycles. The van der Waals surface area contributed by atoms with E-state index in [0.29, 0.717) is 10.9 Å². The van der Waals surface area contributed by atoms with Crippen molar-refractivity contribution in [1.82, 2.24) is 14.8 Å². The van der Waals surface area contributed by atoms with Crippen LogP contribution in [0.3, 0.4) is 0 Å². The highest BCUT2D eigenvalue weighted by Crippen LogP contribution is 2.48. The first-order chi connectivity index (χ1) is 14.2. The highest BCUT2D eigenvalue weighted by Gasteiger charge is 2.32. The number of fused-ring (bicyclic) bond motifs is 1. The van der Waals surface area contributed by atoms with Crippen LogP contribution in [0.4, 0.5) is 14.5 Å². The summed E-state index contributed by atoms with van der Waals surface area (Å²) in [7, 11) is 0. The fraction of sp³-hybridized carbons (Fsp3) is 0.368. The first kappa shape index (κ1) is 20.9. The van der Waals surface area contributed by atoms with Crippen LogP contribution in [0.25, 0.3) is 10.2 Å². The number of rotatable bonds is 6. The van der Waals surface area contributed by atoms with Crippen molar-refractivity contribution >= 4 is 55.0 Å². The van der Waals surface area contributed by atoms with Gasteiger partial charge in [0, 0.05) is 11.6 Å². The number of nitrogens with zero attached hydrogens (tertiary/aromatic N) is 3. The predicted molar refractivity (Wildman–Crippen MR) is 113 cm³/mol. The van der Waals surface area contributed by atoms with Crippen molar-refractivity contribution in [2.75, 3.05) is 5.32 Å². The van der Waals surface area contributed by atoms with Gasteiger partial charge in [-0.15, -0.1) is 11.3 Å². The first-order valence-corrected chi connectivity index (χ1v) is 10.9. The number of carbonyl (C=O) groups excluding carboxylic acids is 2. The Morgan fingerprint density at radius 1 is 1.40 bits per heavy atom. The molecule has 1 saturated carbocycles. The monoisotopic (exact) mass is 497 g/mol. The van der Waals surface area contributed by atoms with Gasteiger partial charge in [0.2, 0.25) is 5.91 Å². The zero-order chi connectivity index (χ0) is 21.7. The highest BCUT2D eigenvalue weighted by molar-refractivity contribution is 9.10. The van der Waals surface area contributed by atoms with Crippen molar-refractivity contribution in [2.45, 2.75) is 45.1 Å². The number of aryl methyl sites for hydroxylation is 1. The van der Waals surface area contributed by atoms with Crippen LogP contribution in [0.15, 0.2) is 16.7 Å². The topological polar surface area (TPSA) is 103 Å². The number of pyridine rings is 1. The molecule has 0 aliphatic heterocycles. The van der Waals surface area contributed by atoms with Crippen LogP contribution < -0.4 is 11.1 Å². The van der Waals surface area contributed by atoms with Crippen LogP contribution in [0.5, 0.6) is 0 Å². The standard InChI is InChI=1S/C19H18BrF2N5O2S/c1-7-11(20)6-27(26-7)8(2)18(29)25-14-13-10(9-3-4-9)5-12(16(21)22)24-19(13)30-15(14)17(23)28/h5-6,8-9,16H,3-4H2,1-2H3,(H2,23,28)(H,25,29). The van der Waals surface area contributed by atoms with Crippen molar-refractivity contribution in [3.8, 4) is 0 Å². The van der Waals surface area contributed by atoms with E-state index in [-0.39, 0.29) is 27.0 Å². The van der Waals surface area contributed by atoms with Gasteiger partial charge in [0.15, 0.2) is 0 Å². The van der Waals surface area contributed by atoms with Crippen LogP contribution in [0.2, 0.25) is 0 Å². The third-order valence-electron chi connectivity index (χ3n) is 5.06. The summed E-state index contributed by atoms with van der Waals surface area (Å²) in [6, 6.07) is 0.693. The molecule has 30 heavy (non-hydrogen) atoms. The molecule has 4 rings (SSSR count). The van der Waals surface area contributed by atoms with E-state index >= 15 is 0 Å². The Kier molecular flexibility index (Phi) is 5.35. The average molecular weight is 498 g/mol. The molecule has 3 N–H and O–H groups in total. The number of hydrogen-bond acceptors (Lipinski definition) is 5. The van der Waals surface area contributed by atoms with Gasteiger partial charge in [-0.05, 0) is 60.2 Å². The van der Waals surface area contributed by atoms with Crippen LogP contribution in [0.1, 0.15) is 64.8 Å². The Balaban J connectivity index is 1.79. The first-order valence-electron chi connectivity index (χ1n) is 9.24. The molecule has 3 heterocycles. The molecule has 158 valence electrons. The molecule has 1 aliphatic carbocycles. The molecule has 2 amide bonds. The molecule has 11 heteroatoms. The maximum Gasteiger partial charge on any atom is 0.280 e. The summed E-state index contributed by atoms with van der Waals surface area (Å²) in [5.41, 5.74) is 6.81. The lowest BCUT2D eigenvalue weighted by atomic mass is 10.0. The predicted octanol–water partition coefficient (Wildman–Crippen LogP) is 4.68. The molecule has 0 spiro atoms. The van der Waals surface area contributed by atoms with Crippen molar-refractivity contribution in [1.29, 1.82) is 0 Å². The summed E-state index contributed by atoms with van der Waals surface area (Å²) in [6.07, 6.45) is 0.666. The second kappa shape index (κ2) is 7.69. The number of anilines is 1. The molecule has 0 bridgehead atoms. The van der Waals surface area contributed by atoms with Gasteiger partial charge >= 0.3 is 0 Å². The number of thiophene rings is 1. The van der Waals surface area contributed by atoms with Gasteiger partial charge in [-0.1, -0.05) is 0 Å². The SMILES string of the molecule is Cc1nn(C(C)C(=O)Nc2c(C(N)=O)sc3nc(C(F)F)cc(C4CC4)c23)cc1Br. The summed E-state index contributed by atoms with van der Waals surface area (Å²) < 4.78 is 28.9. The summed E-state index contributed by atoms with van der Waals surface area (Å²) in [4.78, 5) is 29.4. The van der Waals surface area contributed by atoms with E-state index in [1.807, 2.05) is 0 Å². The van der Waals surface area contributed by atoms with Crippen molar-refractivity contribution in [3.63, 3.8) is 0 Å². The summed E-state index contributed by atoms with van der Waals surface area (Å²) in [6.45, 7) is 3.47. The number of nitrogens with one attached hydrogen (secondary N) is 1. The van der Waals surface area contributed by atoms with Crippen LogP contribution in [0, 0.1) is 6.92 Å². The number of nitrogens with two attached hydrogens (primary N) is 1. The fourth-order valence-electron chi connectivity index (χ4n) is 3.27. The molecule has 1 unspecified atom stereocenters. The molecule has 0 aromatic carbocycles. The van der Waals surface area contributed by atoms with E-state index in [9.17, 15) is 18.4 Å². The van der Waals surface area contributed by atoms with E-state index in [1.54, 1.807) is 20.0 Å². The van der Waals surface area contributed by atoms with E-state index in [1.165, 1.54) is 10.7 Å². The molecule has 1 atom stereocenters. The van der Waals surface area contributed by atoms with Crippen molar-refractivity contribution in [2.24, 2.45) is 5.73 Å². The quantitative estimate of drug-likeness (QED) is 0.515. The molecular formula is C19H18BrF2N5O2S. The Morgan fingerprint density at radius 3 is 2.63 bits per heavy atom. The molecule has 3 aromatic rings. The van der Waals surface area contributed by atoms with Crippen LogP contribution in [-0.2, 0) is 4.79 Å². The Morgan fingerprint density at radius 2 is 2.10 bits per heavy atom. The average Bonchev–Trinajstić information content (AvgIpc) is 3.39. The lowest BCUT2D eigenvalue weighted by molar-refractivity contribution is -0.119. The fourth-order valence-corrected chi connectivity index (χ4v) is 4.58. The van der Waals surface area contributed by atoms with Gasteiger partial charge in [-0.3, -0.25) is 14.3 Å². The Labute approximate surface area is 182 Å². The Bertz CT molecular complexity index is 1150. The number of aromatic nitrogens is 3. The van der Waals surface area contributed by atoms with Gasteiger partial charge in [-0.25, -0.2) is 13.8 Å². The van der Waals surface area contributed by atoms with E-state index in [4.69, 9.17) is 5.73 Å². The smallest absolute Gasteiger partial charge is 0.280 e. The van der Waals surface area contributed by atoms with E-state index < -0.39 is 24.3 Å². The molecule has 3 aromatic heterocycles. The zero-order valence-electron chi connectivity index (χ0n) is 16.1. The van der Waals surface area contributed by atoms with Gasteiger partial charge in [-0.2, -0.15) is 5.10 Å². The van der Waals surface area contributed by atoms with Crippen LogP contribution >= 0.6 is 27.3 Å². The highest BCUT2D eigenvalue weighted by atomic mass is 79.9. The Hall–Kier alpha value is -2.40. The summed E-state index contributed by atoms with van der Waals surface area (Å²) in [5.74, 6) is -1.06. The van der Waals surface area contributed by atoms with Gasteiger partial charge < -0.3 is 11.1 Å². The lowest BCUT2D eigenvalue weighted by Crippen LogP contribution is -2.25. The minimum Gasteiger partial charge on any atom is -0.365 e. The maximum atomic E-state index is 13.3. The largest absolute Gasteiger partial charge is 0.365 e. The number of carbonyl (C=O) groups is 2. The van der Waals surface area contributed by atoms with Crippen LogP contribution in [-0.4, -0.2) is 26.6 Å². The zero-order valence-corrected chi connectivity index (χ0v) is 18.5. The minimum atomic E-state index is -2.73.